The molecule has 1 N–H and O–H groups in total. The summed E-state index contributed by atoms with van der Waals surface area (Å²) in [6.07, 6.45) is 4.67. The Labute approximate surface area is 161 Å². The van der Waals surface area contributed by atoms with Gasteiger partial charge in [-0.3, -0.25) is 9.80 Å². The summed E-state index contributed by atoms with van der Waals surface area (Å²) >= 11 is 1.66. The van der Waals surface area contributed by atoms with Crippen LogP contribution in [0.15, 0.2) is 17.6 Å². The summed E-state index contributed by atoms with van der Waals surface area (Å²) in [4.78, 5) is 13.6. The summed E-state index contributed by atoms with van der Waals surface area (Å²) in [6, 6.07) is 0. The lowest BCUT2D eigenvalue weighted by molar-refractivity contribution is -0.140. The Bertz CT molecular complexity index is 577. The van der Waals surface area contributed by atoms with E-state index in [9.17, 15) is 5.11 Å². The van der Waals surface area contributed by atoms with E-state index in [1.807, 2.05) is 12.4 Å². The van der Waals surface area contributed by atoms with Gasteiger partial charge in [0.15, 0.2) is 5.16 Å². The zero-order valence-electron chi connectivity index (χ0n) is 16.3. The molecule has 0 radical (unpaired) electrons. The lowest BCUT2D eigenvalue weighted by atomic mass is 9.69. The van der Waals surface area contributed by atoms with E-state index in [4.69, 9.17) is 4.74 Å². The van der Waals surface area contributed by atoms with E-state index in [0.29, 0.717) is 0 Å². The second-order valence-corrected chi connectivity index (χ2v) is 9.30. The van der Waals surface area contributed by atoms with Gasteiger partial charge in [-0.2, -0.15) is 0 Å². The molecule has 2 aliphatic rings. The zero-order chi connectivity index (χ0) is 18.6. The molecule has 26 heavy (non-hydrogen) atoms. The molecular formula is C19H32N4O2S. The molecule has 1 atom stereocenters. The van der Waals surface area contributed by atoms with Gasteiger partial charge < -0.3 is 9.84 Å². The SMILES string of the molecule is CCSc1ncc(CN2CC[C@](O)(CN3CCOCC3)C(C)(C)C2)cn1. The summed E-state index contributed by atoms with van der Waals surface area (Å²) in [5, 5.41) is 12.2. The minimum Gasteiger partial charge on any atom is -0.388 e. The molecular weight excluding hydrogens is 348 g/mol. The van der Waals surface area contributed by atoms with Crippen LogP contribution in [-0.4, -0.2) is 82.2 Å². The van der Waals surface area contributed by atoms with Crippen molar-refractivity contribution < 1.29 is 9.84 Å². The van der Waals surface area contributed by atoms with Crippen LogP contribution in [0, 0.1) is 5.41 Å². The lowest BCUT2D eigenvalue weighted by Crippen LogP contribution is -2.62. The molecule has 0 aliphatic carbocycles. The number of piperidine rings is 1. The third kappa shape index (κ3) is 4.75. The summed E-state index contributed by atoms with van der Waals surface area (Å²) < 4.78 is 5.44. The maximum Gasteiger partial charge on any atom is 0.187 e. The summed E-state index contributed by atoms with van der Waals surface area (Å²) in [6.45, 7) is 13.2. The fraction of sp³-hybridized carbons (Fsp3) is 0.789. The van der Waals surface area contributed by atoms with E-state index >= 15 is 0 Å². The van der Waals surface area contributed by atoms with Gasteiger partial charge in [-0.05, 0) is 12.2 Å². The van der Waals surface area contributed by atoms with E-state index in [1.165, 1.54) is 0 Å². The topological polar surface area (TPSA) is 61.7 Å². The molecule has 6 nitrogen and oxygen atoms in total. The summed E-state index contributed by atoms with van der Waals surface area (Å²) in [5.41, 5.74) is 0.321. The molecule has 0 unspecified atom stereocenters. The normalized spacial score (nSPS) is 27.5. The molecule has 0 saturated carbocycles. The highest BCUT2D eigenvalue weighted by molar-refractivity contribution is 7.99. The van der Waals surface area contributed by atoms with Crippen molar-refractivity contribution in [3.05, 3.63) is 18.0 Å². The van der Waals surface area contributed by atoms with Crippen LogP contribution in [0.4, 0.5) is 0 Å². The monoisotopic (exact) mass is 380 g/mol. The van der Waals surface area contributed by atoms with Gasteiger partial charge in [0.05, 0.1) is 18.8 Å². The number of aromatic nitrogens is 2. The smallest absolute Gasteiger partial charge is 0.187 e. The van der Waals surface area contributed by atoms with Crippen LogP contribution in [-0.2, 0) is 11.3 Å². The highest BCUT2D eigenvalue weighted by atomic mass is 32.2. The quantitative estimate of drug-likeness (QED) is 0.597. The second kappa shape index (κ2) is 8.52. The standard InChI is InChI=1S/C19H32N4O2S/c1-4-26-17-20-11-16(12-21-17)13-23-6-5-19(24,18(2,3)14-23)15-22-7-9-25-10-8-22/h11-12,24H,4-10,13-15H2,1-3H3/t19-/m0/s1. The Morgan fingerprint density at radius 3 is 2.46 bits per heavy atom. The molecule has 0 amide bonds. The number of thioether (sulfide) groups is 1. The van der Waals surface area contributed by atoms with Crippen molar-refractivity contribution in [3.8, 4) is 0 Å². The summed E-state index contributed by atoms with van der Waals surface area (Å²) in [5.74, 6) is 0.987. The number of rotatable bonds is 6. The van der Waals surface area contributed by atoms with Gasteiger partial charge >= 0.3 is 0 Å². The van der Waals surface area contributed by atoms with Gasteiger partial charge in [0.25, 0.3) is 0 Å². The summed E-state index contributed by atoms with van der Waals surface area (Å²) in [7, 11) is 0. The lowest BCUT2D eigenvalue weighted by Gasteiger charge is -2.52. The first kappa shape index (κ1) is 20.0. The van der Waals surface area contributed by atoms with E-state index < -0.39 is 5.60 Å². The molecule has 0 aromatic carbocycles. The number of hydrogen-bond acceptors (Lipinski definition) is 7. The van der Waals surface area contributed by atoms with E-state index in [-0.39, 0.29) is 5.41 Å². The van der Waals surface area contributed by atoms with Gasteiger partial charge in [-0.1, -0.05) is 32.5 Å². The third-order valence-corrected chi connectivity index (χ3v) is 6.43. The number of likely N-dealkylation sites (tertiary alicyclic amines) is 1. The fourth-order valence-corrected chi connectivity index (χ4v) is 4.42. The molecule has 3 rings (SSSR count). The molecule has 146 valence electrons. The largest absolute Gasteiger partial charge is 0.388 e. The van der Waals surface area contributed by atoms with E-state index in [2.05, 4.69) is 40.5 Å². The molecule has 7 heteroatoms. The molecule has 2 fully saturated rings. The first-order chi connectivity index (χ1) is 12.4. The average Bonchev–Trinajstić information content (AvgIpc) is 2.61. The van der Waals surface area contributed by atoms with Crippen LogP contribution in [0.5, 0.6) is 0 Å². The maximum atomic E-state index is 11.4. The van der Waals surface area contributed by atoms with Crippen molar-refractivity contribution in [1.82, 2.24) is 19.8 Å². The Hall–Kier alpha value is -0.730. The molecule has 2 aliphatic heterocycles. The minimum atomic E-state index is -0.654. The van der Waals surface area contributed by atoms with E-state index in [0.717, 1.165) is 75.4 Å². The van der Waals surface area contributed by atoms with Gasteiger partial charge in [0.2, 0.25) is 0 Å². The van der Waals surface area contributed by atoms with Crippen molar-refractivity contribution in [2.75, 3.05) is 51.7 Å². The zero-order valence-corrected chi connectivity index (χ0v) is 17.1. The number of nitrogens with zero attached hydrogens (tertiary/aromatic N) is 4. The highest BCUT2D eigenvalue weighted by Gasteiger charge is 2.48. The van der Waals surface area contributed by atoms with Crippen LogP contribution < -0.4 is 0 Å². The van der Waals surface area contributed by atoms with E-state index in [1.54, 1.807) is 11.8 Å². The Balaban J connectivity index is 1.58. The number of β-amino-alcohol motifs (C(OH)–C–C–N with tert-alkyl or cyclic N) is 1. The van der Waals surface area contributed by atoms with Crippen molar-refractivity contribution in [2.24, 2.45) is 5.41 Å². The van der Waals surface area contributed by atoms with Crippen LogP contribution in [0.3, 0.4) is 0 Å². The number of ether oxygens (including phenoxy) is 1. The Kier molecular flexibility index (Phi) is 6.56. The van der Waals surface area contributed by atoms with Gasteiger partial charge in [0, 0.05) is 62.6 Å². The number of hydrogen-bond donors (Lipinski definition) is 1. The molecule has 2 saturated heterocycles. The van der Waals surface area contributed by atoms with Crippen molar-refractivity contribution >= 4 is 11.8 Å². The Morgan fingerprint density at radius 1 is 1.15 bits per heavy atom. The Morgan fingerprint density at radius 2 is 1.85 bits per heavy atom. The highest BCUT2D eigenvalue weighted by Crippen LogP contribution is 2.39. The maximum absolute atomic E-state index is 11.4. The first-order valence-electron chi connectivity index (χ1n) is 9.60. The predicted molar refractivity (Wildman–Crippen MR) is 104 cm³/mol. The molecule has 1 aromatic rings. The molecule has 0 spiro atoms. The van der Waals surface area contributed by atoms with Gasteiger partial charge in [-0.15, -0.1) is 0 Å². The van der Waals surface area contributed by atoms with Gasteiger partial charge in [0.1, 0.15) is 0 Å². The van der Waals surface area contributed by atoms with Crippen molar-refractivity contribution in [3.63, 3.8) is 0 Å². The number of aliphatic hydroxyl groups is 1. The minimum absolute atomic E-state index is 0.164. The molecule has 1 aromatic heterocycles. The fourth-order valence-electron chi connectivity index (χ4n) is 3.91. The van der Waals surface area contributed by atoms with Crippen molar-refractivity contribution in [1.29, 1.82) is 0 Å². The van der Waals surface area contributed by atoms with Crippen LogP contribution in [0.2, 0.25) is 0 Å². The van der Waals surface area contributed by atoms with Crippen LogP contribution in [0.1, 0.15) is 32.8 Å². The predicted octanol–water partition coefficient (Wildman–Crippen LogP) is 1.88. The third-order valence-electron chi connectivity index (χ3n) is 5.67. The average molecular weight is 381 g/mol. The van der Waals surface area contributed by atoms with Crippen LogP contribution >= 0.6 is 11.8 Å². The molecule has 3 heterocycles. The van der Waals surface area contributed by atoms with Gasteiger partial charge in [-0.25, -0.2) is 9.97 Å². The van der Waals surface area contributed by atoms with Crippen LogP contribution in [0.25, 0.3) is 0 Å². The second-order valence-electron chi connectivity index (χ2n) is 8.07. The first-order valence-corrected chi connectivity index (χ1v) is 10.6. The molecule has 0 bridgehead atoms. The van der Waals surface area contributed by atoms with Crippen molar-refractivity contribution in [2.45, 2.75) is 44.5 Å². The number of morpholine rings is 1.